The first kappa shape index (κ1) is 13.9. The SMILES string of the molecule is CC(C)(C)Cc1nn(C2CCCCC2)c(N)c1Br. The van der Waals surface area contributed by atoms with Gasteiger partial charge in [-0.1, -0.05) is 40.0 Å². The van der Waals surface area contributed by atoms with Crippen molar-refractivity contribution in [1.82, 2.24) is 9.78 Å². The van der Waals surface area contributed by atoms with Gasteiger partial charge in [-0.25, -0.2) is 4.68 Å². The van der Waals surface area contributed by atoms with Crippen LogP contribution in [0.15, 0.2) is 4.47 Å². The molecule has 1 aliphatic carbocycles. The Hall–Kier alpha value is -0.510. The number of hydrogen-bond donors (Lipinski definition) is 1. The molecule has 0 aromatic carbocycles. The number of aromatic nitrogens is 2. The molecule has 3 nitrogen and oxygen atoms in total. The van der Waals surface area contributed by atoms with Gasteiger partial charge < -0.3 is 5.73 Å². The van der Waals surface area contributed by atoms with E-state index in [0.29, 0.717) is 6.04 Å². The summed E-state index contributed by atoms with van der Waals surface area (Å²) in [5.41, 5.74) is 7.55. The highest BCUT2D eigenvalue weighted by Crippen LogP contribution is 2.35. The molecular formula is C14H24BrN3. The van der Waals surface area contributed by atoms with Crippen molar-refractivity contribution in [3.8, 4) is 0 Å². The third-order valence-corrected chi connectivity index (χ3v) is 4.44. The fraction of sp³-hybridized carbons (Fsp3) is 0.786. The van der Waals surface area contributed by atoms with Crippen LogP contribution in [-0.4, -0.2) is 9.78 Å². The van der Waals surface area contributed by atoms with Crippen LogP contribution in [0.3, 0.4) is 0 Å². The molecule has 1 fully saturated rings. The molecular weight excluding hydrogens is 290 g/mol. The number of nitrogens with zero attached hydrogens (tertiary/aromatic N) is 2. The molecule has 18 heavy (non-hydrogen) atoms. The van der Waals surface area contributed by atoms with Crippen molar-refractivity contribution in [3.05, 3.63) is 10.2 Å². The van der Waals surface area contributed by atoms with E-state index in [2.05, 4.69) is 41.4 Å². The zero-order chi connectivity index (χ0) is 13.3. The van der Waals surface area contributed by atoms with E-state index in [-0.39, 0.29) is 5.41 Å². The van der Waals surface area contributed by atoms with Gasteiger partial charge in [-0.2, -0.15) is 5.10 Å². The van der Waals surface area contributed by atoms with Crippen LogP contribution in [0, 0.1) is 5.41 Å². The molecule has 0 spiro atoms. The predicted octanol–water partition coefficient (Wildman–Crippen LogP) is 4.32. The Bertz CT molecular complexity index is 411. The highest BCUT2D eigenvalue weighted by Gasteiger charge is 2.24. The lowest BCUT2D eigenvalue weighted by Gasteiger charge is -2.23. The number of rotatable bonds is 2. The van der Waals surface area contributed by atoms with Crippen molar-refractivity contribution in [3.63, 3.8) is 0 Å². The summed E-state index contributed by atoms with van der Waals surface area (Å²) in [6, 6.07) is 0.503. The van der Waals surface area contributed by atoms with Crippen LogP contribution in [0.25, 0.3) is 0 Å². The van der Waals surface area contributed by atoms with Crippen molar-refractivity contribution in [2.45, 2.75) is 65.3 Å². The van der Waals surface area contributed by atoms with Crippen LogP contribution in [0.4, 0.5) is 5.82 Å². The predicted molar refractivity (Wildman–Crippen MR) is 79.6 cm³/mol. The molecule has 1 aromatic rings. The molecule has 0 radical (unpaired) electrons. The lowest BCUT2D eigenvalue weighted by molar-refractivity contribution is 0.328. The number of anilines is 1. The Morgan fingerprint density at radius 3 is 2.44 bits per heavy atom. The van der Waals surface area contributed by atoms with E-state index in [1.807, 2.05) is 0 Å². The highest BCUT2D eigenvalue weighted by atomic mass is 79.9. The molecule has 1 aliphatic rings. The van der Waals surface area contributed by atoms with Crippen molar-refractivity contribution >= 4 is 21.7 Å². The zero-order valence-electron chi connectivity index (χ0n) is 11.7. The second-order valence-electron chi connectivity index (χ2n) is 6.62. The van der Waals surface area contributed by atoms with E-state index < -0.39 is 0 Å². The van der Waals surface area contributed by atoms with Crippen molar-refractivity contribution in [1.29, 1.82) is 0 Å². The molecule has 1 saturated carbocycles. The maximum absolute atomic E-state index is 6.21. The van der Waals surface area contributed by atoms with Crippen molar-refractivity contribution in [2.24, 2.45) is 5.41 Å². The lowest BCUT2D eigenvalue weighted by atomic mass is 9.91. The molecule has 102 valence electrons. The molecule has 4 heteroatoms. The van der Waals surface area contributed by atoms with Crippen molar-refractivity contribution in [2.75, 3.05) is 5.73 Å². The first-order valence-corrected chi connectivity index (χ1v) is 7.70. The monoisotopic (exact) mass is 313 g/mol. The van der Waals surface area contributed by atoms with E-state index in [1.165, 1.54) is 32.1 Å². The van der Waals surface area contributed by atoms with Crippen LogP contribution in [-0.2, 0) is 6.42 Å². The molecule has 0 atom stereocenters. The quantitative estimate of drug-likeness (QED) is 0.883. The maximum atomic E-state index is 6.21. The number of hydrogen-bond acceptors (Lipinski definition) is 2. The first-order valence-electron chi connectivity index (χ1n) is 6.91. The minimum absolute atomic E-state index is 0.237. The summed E-state index contributed by atoms with van der Waals surface area (Å²) in [6.45, 7) is 6.69. The smallest absolute Gasteiger partial charge is 0.136 e. The molecule has 2 N–H and O–H groups in total. The van der Waals surface area contributed by atoms with Gasteiger partial charge in [0.1, 0.15) is 5.82 Å². The minimum Gasteiger partial charge on any atom is -0.383 e. The Kier molecular flexibility index (Phi) is 4.05. The van der Waals surface area contributed by atoms with Gasteiger partial charge in [-0.15, -0.1) is 0 Å². The van der Waals surface area contributed by atoms with E-state index in [9.17, 15) is 0 Å². The van der Waals surface area contributed by atoms with Crippen LogP contribution in [0.1, 0.15) is 64.6 Å². The number of nitrogen functional groups attached to an aromatic ring is 1. The Labute approximate surface area is 118 Å². The highest BCUT2D eigenvalue weighted by molar-refractivity contribution is 9.10. The van der Waals surface area contributed by atoms with E-state index in [1.54, 1.807) is 0 Å². The summed E-state index contributed by atoms with van der Waals surface area (Å²) >= 11 is 3.61. The molecule has 2 rings (SSSR count). The van der Waals surface area contributed by atoms with Gasteiger partial charge in [0, 0.05) is 0 Å². The van der Waals surface area contributed by atoms with Gasteiger partial charge in [-0.3, -0.25) is 0 Å². The number of halogens is 1. The van der Waals surface area contributed by atoms with Crippen LogP contribution in [0.2, 0.25) is 0 Å². The Morgan fingerprint density at radius 1 is 1.28 bits per heavy atom. The maximum Gasteiger partial charge on any atom is 0.136 e. The van der Waals surface area contributed by atoms with Crippen LogP contribution >= 0.6 is 15.9 Å². The summed E-state index contributed by atoms with van der Waals surface area (Å²) in [5.74, 6) is 0.807. The Morgan fingerprint density at radius 2 is 1.89 bits per heavy atom. The minimum atomic E-state index is 0.237. The van der Waals surface area contributed by atoms with Gasteiger partial charge >= 0.3 is 0 Å². The third-order valence-electron chi connectivity index (χ3n) is 3.57. The van der Waals surface area contributed by atoms with Crippen LogP contribution in [0.5, 0.6) is 0 Å². The average molecular weight is 314 g/mol. The summed E-state index contributed by atoms with van der Waals surface area (Å²) in [5, 5.41) is 4.76. The molecule has 1 aromatic heterocycles. The Balaban J connectivity index is 2.24. The summed E-state index contributed by atoms with van der Waals surface area (Å²) in [6.07, 6.45) is 7.35. The summed E-state index contributed by atoms with van der Waals surface area (Å²) < 4.78 is 3.06. The fourth-order valence-electron chi connectivity index (χ4n) is 2.70. The van der Waals surface area contributed by atoms with Gasteiger partial charge in [0.05, 0.1) is 16.2 Å². The normalized spacial score (nSPS) is 18.2. The molecule has 0 unspecified atom stereocenters. The van der Waals surface area contributed by atoms with Gasteiger partial charge in [0.2, 0.25) is 0 Å². The third kappa shape index (κ3) is 3.08. The molecule has 0 amide bonds. The topological polar surface area (TPSA) is 43.8 Å². The standard InChI is InChI=1S/C14H24BrN3/c1-14(2,3)9-11-12(15)13(16)18(17-11)10-7-5-4-6-8-10/h10H,4-9,16H2,1-3H3. The largest absolute Gasteiger partial charge is 0.383 e. The molecule has 0 saturated heterocycles. The fourth-order valence-corrected chi connectivity index (χ4v) is 3.10. The summed E-state index contributed by atoms with van der Waals surface area (Å²) in [4.78, 5) is 0. The molecule has 1 heterocycles. The second kappa shape index (κ2) is 5.24. The van der Waals surface area contributed by atoms with Gasteiger partial charge in [-0.05, 0) is 40.6 Å². The lowest BCUT2D eigenvalue weighted by Crippen LogP contribution is -2.17. The van der Waals surface area contributed by atoms with Gasteiger partial charge in [0.25, 0.3) is 0 Å². The molecule has 0 aliphatic heterocycles. The second-order valence-corrected chi connectivity index (χ2v) is 7.41. The van der Waals surface area contributed by atoms with Gasteiger partial charge in [0.15, 0.2) is 0 Å². The summed E-state index contributed by atoms with van der Waals surface area (Å²) in [7, 11) is 0. The first-order chi connectivity index (χ1) is 8.38. The zero-order valence-corrected chi connectivity index (χ0v) is 13.3. The van der Waals surface area contributed by atoms with Crippen LogP contribution < -0.4 is 5.73 Å². The molecule has 0 bridgehead atoms. The van der Waals surface area contributed by atoms with E-state index in [4.69, 9.17) is 10.8 Å². The van der Waals surface area contributed by atoms with E-state index >= 15 is 0 Å². The van der Waals surface area contributed by atoms with E-state index in [0.717, 1.165) is 22.4 Å². The number of nitrogens with two attached hydrogens (primary N) is 1. The average Bonchev–Trinajstić information content (AvgIpc) is 2.57. The van der Waals surface area contributed by atoms with Crippen molar-refractivity contribution < 1.29 is 0 Å².